The average Bonchev–Trinajstić information content (AvgIpc) is 2.48. The maximum Gasteiger partial charge on any atom is 0.163 e. The number of methoxy groups -OCH3 is 1. The van der Waals surface area contributed by atoms with Crippen molar-refractivity contribution in [1.29, 1.82) is 0 Å². The quantitative estimate of drug-likeness (QED) is 0.897. The molecule has 2 rings (SSSR count). The van der Waals surface area contributed by atoms with Crippen LogP contribution >= 0.6 is 0 Å². The standard InChI is InChI=1S/C16H17F2NO/c1-11(12-6-8-14(20-2)9-7-12)19-10-13-4-3-5-15(17)16(13)18/h3-9,11,19H,10H2,1-2H3. The van der Waals surface area contributed by atoms with Crippen LogP contribution in [-0.2, 0) is 6.54 Å². The molecule has 4 heteroatoms. The second-order valence-electron chi connectivity index (χ2n) is 4.59. The fourth-order valence-corrected chi connectivity index (χ4v) is 1.96. The summed E-state index contributed by atoms with van der Waals surface area (Å²) in [6, 6.07) is 11.9. The van der Waals surface area contributed by atoms with E-state index in [1.807, 2.05) is 31.2 Å². The molecule has 0 aromatic heterocycles. The van der Waals surface area contributed by atoms with Crippen molar-refractivity contribution in [2.75, 3.05) is 7.11 Å². The number of benzene rings is 2. The molecule has 0 saturated carbocycles. The summed E-state index contributed by atoms with van der Waals surface area (Å²) in [7, 11) is 1.61. The highest BCUT2D eigenvalue weighted by Gasteiger charge is 2.10. The molecule has 0 aliphatic carbocycles. The summed E-state index contributed by atoms with van der Waals surface area (Å²) in [6.07, 6.45) is 0. The fraction of sp³-hybridized carbons (Fsp3) is 0.250. The van der Waals surface area contributed by atoms with Gasteiger partial charge in [0, 0.05) is 18.2 Å². The third kappa shape index (κ3) is 3.33. The molecule has 0 fully saturated rings. The summed E-state index contributed by atoms with van der Waals surface area (Å²) < 4.78 is 31.7. The molecule has 0 aliphatic heterocycles. The van der Waals surface area contributed by atoms with Crippen LogP contribution in [0.15, 0.2) is 42.5 Å². The van der Waals surface area contributed by atoms with E-state index in [2.05, 4.69) is 5.32 Å². The summed E-state index contributed by atoms with van der Waals surface area (Å²) in [5.41, 5.74) is 1.38. The van der Waals surface area contributed by atoms with Crippen LogP contribution in [0.5, 0.6) is 5.75 Å². The zero-order valence-electron chi connectivity index (χ0n) is 11.5. The van der Waals surface area contributed by atoms with Crippen molar-refractivity contribution in [3.63, 3.8) is 0 Å². The molecule has 0 heterocycles. The number of rotatable bonds is 5. The lowest BCUT2D eigenvalue weighted by atomic mass is 10.1. The first kappa shape index (κ1) is 14.5. The van der Waals surface area contributed by atoms with Gasteiger partial charge in [0.2, 0.25) is 0 Å². The van der Waals surface area contributed by atoms with Gasteiger partial charge in [-0.05, 0) is 30.7 Å². The lowest BCUT2D eigenvalue weighted by Gasteiger charge is -2.15. The Morgan fingerprint density at radius 1 is 1.10 bits per heavy atom. The van der Waals surface area contributed by atoms with Crippen molar-refractivity contribution in [3.8, 4) is 5.75 Å². The van der Waals surface area contributed by atoms with Crippen LogP contribution < -0.4 is 10.1 Å². The van der Waals surface area contributed by atoms with Crippen LogP contribution in [0.3, 0.4) is 0 Å². The van der Waals surface area contributed by atoms with Gasteiger partial charge in [-0.2, -0.15) is 0 Å². The van der Waals surface area contributed by atoms with Crippen LogP contribution in [0.25, 0.3) is 0 Å². The topological polar surface area (TPSA) is 21.3 Å². The summed E-state index contributed by atoms with van der Waals surface area (Å²) in [5.74, 6) is -0.819. The van der Waals surface area contributed by atoms with Gasteiger partial charge in [0.25, 0.3) is 0 Å². The van der Waals surface area contributed by atoms with Crippen molar-refractivity contribution in [2.24, 2.45) is 0 Å². The molecular formula is C16H17F2NO. The minimum absolute atomic E-state index is 0.0311. The van der Waals surface area contributed by atoms with Gasteiger partial charge in [0.15, 0.2) is 11.6 Å². The average molecular weight is 277 g/mol. The third-order valence-corrected chi connectivity index (χ3v) is 3.25. The van der Waals surface area contributed by atoms with Crippen molar-refractivity contribution in [2.45, 2.75) is 19.5 Å². The molecule has 106 valence electrons. The molecule has 1 unspecified atom stereocenters. The van der Waals surface area contributed by atoms with E-state index in [0.717, 1.165) is 17.4 Å². The van der Waals surface area contributed by atoms with Crippen LogP contribution in [0.2, 0.25) is 0 Å². The number of nitrogens with one attached hydrogen (secondary N) is 1. The SMILES string of the molecule is COc1ccc(C(C)NCc2cccc(F)c2F)cc1. The Hall–Kier alpha value is -1.94. The van der Waals surface area contributed by atoms with Gasteiger partial charge in [-0.25, -0.2) is 8.78 Å². The molecule has 0 aliphatic rings. The van der Waals surface area contributed by atoms with E-state index in [1.54, 1.807) is 13.2 Å². The van der Waals surface area contributed by atoms with Gasteiger partial charge < -0.3 is 10.1 Å². The van der Waals surface area contributed by atoms with E-state index in [-0.39, 0.29) is 12.6 Å². The summed E-state index contributed by atoms with van der Waals surface area (Å²) in [5, 5.41) is 3.17. The Labute approximate surface area is 117 Å². The highest BCUT2D eigenvalue weighted by atomic mass is 19.2. The van der Waals surface area contributed by atoms with Crippen LogP contribution in [-0.4, -0.2) is 7.11 Å². The number of ether oxygens (including phenoxy) is 1. The van der Waals surface area contributed by atoms with Gasteiger partial charge in [0.05, 0.1) is 7.11 Å². The normalized spacial score (nSPS) is 12.2. The highest BCUT2D eigenvalue weighted by Crippen LogP contribution is 2.18. The molecule has 0 radical (unpaired) electrons. The van der Waals surface area contributed by atoms with E-state index in [1.165, 1.54) is 6.07 Å². The van der Waals surface area contributed by atoms with Crippen LogP contribution in [0.1, 0.15) is 24.1 Å². The van der Waals surface area contributed by atoms with E-state index < -0.39 is 11.6 Å². The van der Waals surface area contributed by atoms with E-state index in [4.69, 9.17) is 4.74 Å². The first-order valence-electron chi connectivity index (χ1n) is 6.42. The van der Waals surface area contributed by atoms with Gasteiger partial charge in [-0.1, -0.05) is 24.3 Å². The number of hydrogen-bond acceptors (Lipinski definition) is 2. The highest BCUT2D eigenvalue weighted by molar-refractivity contribution is 5.29. The molecule has 2 nitrogen and oxygen atoms in total. The van der Waals surface area contributed by atoms with Crippen molar-refractivity contribution < 1.29 is 13.5 Å². The van der Waals surface area contributed by atoms with Crippen molar-refractivity contribution in [3.05, 3.63) is 65.2 Å². The fourth-order valence-electron chi connectivity index (χ4n) is 1.96. The van der Waals surface area contributed by atoms with Crippen molar-refractivity contribution in [1.82, 2.24) is 5.32 Å². The van der Waals surface area contributed by atoms with Crippen molar-refractivity contribution >= 4 is 0 Å². The molecule has 2 aromatic carbocycles. The Bertz CT molecular complexity index is 569. The molecule has 1 N–H and O–H groups in total. The lowest BCUT2D eigenvalue weighted by Crippen LogP contribution is -2.19. The Kier molecular flexibility index (Phi) is 4.69. The van der Waals surface area contributed by atoms with E-state index >= 15 is 0 Å². The summed E-state index contributed by atoms with van der Waals surface area (Å²) >= 11 is 0. The summed E-state index contributed by atoms with van der Waals surface area (Å²) in [4.78, 5) is 0. The second kappa shape index (κ2) is 6.48. The maximum absolute atomic E-state index is 13.5. The number of hydrogen-bond donors (Lipinski definition) is 1. The predicted octanol–water partition coefficient (Wildman–Crippen LogP) is 3.82. The molecule has 0 amide bonds. The third-order valence-electron chi connectivity index (χ3n) is 3.25. The van der Waals surface area contributed by atoms with Crippen LogP contribution in [0.4, 0.5) is 8.78 Å². The van der Waals surface area contributed by atoms with Crippen LogP contribution in [0, 0.1) is 11.6 Å². The lowest BCUT2D eigenvalue weighted by molar-refractivity contribution is 0.414. The Morgan fingerprint density at radius 3 is 2.45 bits per heavy atom. The predicted molar refractivity (Wildman–Crippen MR) is 74.6 cm³/mol. The molecule has 2 aromatic rings. The zero-order valence-corrected chi connectivity index (χ0v) is 11.5. The van der Waals surface area contributed by atoms with E-state index in [0.29, 0.717) is 5.56 Å². The van der Waals surface area contributed by atoms with Gasteiger partial charge in [0.1, 0.15) is 5.75 Å². The van der Waals surface area contributed by atoms with Gasteiger partial charge in [-0.3, -0.25) is 0 Å². The Morgan fingerprint density at radius 2 is 1.80 bits per heavy atom. The Balaban J connectivity index is 2.00. The zero-order chi connectivity index (χ0) is 14.5. The smallest absolute Gasteiger partial charge is 0.163 e. The first-order chi connectivity index (χ1) is 9.61. The maximum atomic E-state index is 13.5. The monoisotopic (exact) mass is 277 g/mol. The minimum atomic E-state index is -0.818. The minimum Gasteiger partial charge on any atom is -0.497 e. The first-order valence-corrected chi connectivity index (χ1v) is 6.42. The molecule has 20 heavy (non-hydrogen) atoms. The number of halogens is 2. The second-order valence-corrected chi connectivity index (χ2v) is 4.59. The largest absolute Gasteiger partial charge is 0.497 e. The summed E-state index contributed by atoms with van der Waals surface area (Å²) in [6.45, 7) is 2.25. The molecule has 0 saturated heterocycles. The molecular weight excluding hydrogens is 260 g/mol. The molecule has 0 spiro atoms. The molecule has 0 bridgehead atoms. The van der Waals surface area contributed by atoms with Gasteiger partial charge in [-0.15, -0.1) is 0 Å². The molecule has 1 atom stereocenters. The van der Waals surface area contributed by atoms with Gasteiger partial charge >= 0.3 is 0 Å². The van der Waals surface area contributed by atoms with E-state index in [9.17, 15) is 8.78 Å².